The quantitative estimate of drug-likeness (QED) is 0.265. The summed E-state index contributed by atoms with van der Waals surface area (Å²) >= 11 is 0. The van der Waals surface area contributed by atoms with Crippen LogP contribution in [-0.4, -0.2) is 23.6 Å². The van der Waals surface area contributed by atoms with Crippen molar-refractivity contribution in [1.29, 1.82) is 0 Å². The molecule has 6 nitrogen and oxygen atoms in total. The van der Waals surface area contributed by atoms with E-state index in [1.54, 1.807) is 36.4 Å². The predicted octanol–water partition coefficient (Wildman–Crippen LogP) is 7.13. The Bertz CT molecular complexity index is 1710. The number of benzene rings is 4. The number of imide groups is 2. The summed E-state index contributed by atoms with van der Waals surface area (Å²) in [5, 5.41) is 0.735. The summed E-state index contributed by atoms with van der Waals surface area (Å²) in [5.74, 6) is -1.36. The molecule has 0 atom stereocenters. The van der Waals surface area contributed by atoms with Gasteiger partial charge in [-0.15, -0.1) is 0 Å². The predicted molar refractivity (Wildman–Crippen MR) is 155 cm³/mol. The van der Waals surface area contributed by atoms with E-state index in [1.165, 1.54) is 23.3 Å². The molecule has 4 aromatic rings. The van der Waals surface area contributed by atoms with Crippen molar-refractivity contribution in [3.05, 3.63) is 112 Å². The second-order valence-electron chi connectivity index (χ2n) is 10.6. The molecule has 2 heterocycles. The van der Waals surface area contributed by atoms with Gasteiger partial charge >= 0.3 is 0 Å². The molecule has 1 aliphatic carbocycles. The number of anilines is 2. The molecule has 2 aliphatic heterocycles. The fourth-order valence-corrected chi connectivity index (χ4v) is 6.43. The fourth-order valence-electron chi connectivity index (χ4n) is 6.43. The SMILES string of the molecule is CC=Cc1ccc(N2C(=O)c3ccc4c5c(ccc(c35)C2=O)C(=O)N(c2ccc(C3CCCC3)cc2)C4=O)cc1. The van der Waals surface area contributed by atoms with Crippen LogP contribution in [0.4, 0.5) is 11.4 Å². The minimum absolute atomic E-state index is 0.294. The summed E-state index contributed by atoms with van der Waals surface area (Å²) in [6, 6.07) is 21.2. The Balaban J connectivity index is 1.30. The Kier molecular flexibility index (Phi) is 5.52. The Morgan fingerprint density at radius 2 is 0.975 bits per heavy atom. The van der Waals surface area contributed by atoms with Crippen LogP contribution in [0.3, 0.4) is 0 Å². The molecular weight excluding hydrogens is 500 g/mol. The van der Waals surface area contributed by atoms with E-state index in [-0.39, 0.29) is 0 Å². The second-order valence-corrected chi connectivity index (χ2v) is 10.6. The lowest BCUT2D eigenvalue weighted by molar-refractivity contribution is 0.0873. The lowest BCUT2D eigenvalue weighted by Crippen LogP contribution is -2.43. The van der Waals surface area contributed by atoms with Crippen molar-refractivity contribution >= 4 is 51.9 Å². The molecule has 3 aliphatic rings. The smallest absolute Gasteiger partial charge is 0.265 e. The van der Waals surface area contributed by atoms with Gasteiger partial charge in [0.1, 0.15) is 0 Å². The van der Waals surface area contributed by atoms with E-state index >= 15 is 0 Å². The summed E-state index contributed by atoms with van der Waals surface area (Å²) in [7, 11) is 0. The molecule has 4 amide bonds. The molecule has 0 aromatic heterocycles. The van der Waals surface area contributed by atoms with E-state index in [2.05, 4.69) is 0 Å². The van der Waals surface area contributed by atoms with Gasteiger partial charge in [-0.3, -0.25) is 19.2 Å². The van der Waals surface area contributed by atoms with Crippen molar-refractivity contribution in [2.45, 2.75) is 38.5 Å². The molecule has 7 rings (SSSR count). The number of amides is 4. The molecule has 1 fully saturated rings. The molecule has 1 saturated carbocycles. The maximum absolute atomic E-state index is 13.7. The Labute approximate surface area is 231 Å². The average Bonchev–Trinajstić information content (AvgIpc) is 3.52. The summed E-state index contributed by atoms with van der Waals surface area (Å²) < 4.78 is 0. The second kappa shape index (κ2) is 9.12. The third-order valence-electron chi connectivity index (χ3n) is 8.38. The Hall–Kier alpha value is -4.84. The highest BCUT2D eigenvalue weighted by Gasteiger charge is 2.40. The first-order chi connectivity index (χ1) is 19.5. The third-order valence-corrected chi connectivity index (χ3v) is 8.38. The van der Waals surface area contributed by atoms with Gasteiger partial charge in [-0.2, -0.15) is 0 Å². The number of hydrogen-bond acceptors (Lipinski definition) is 4. The van der Waals surface area contributed by atoms with E-state index < -0.39 is 23.6 Å². The van der Waals surface area contributed by atoms with Gasteiger partial charge in [-0.05, 0) is 85.3 Å². The molecule has 0 bridgehead atoms. The van der Waals surface area contributed by atoms with Crippen molar-refractivity contribution in [1.82, 2.24) is 0 Å². The van der Waals surface area contributed by atoms with Crippen LogP contribution < -0.4 is 9.80 Å². The molecule has 0 spiro atoms. The van der Waals surface area contributed by atoms with Crippen molar-refractivity contribution < 1.29 is 19.2 Å². The van der Waals surface area contributed by atoms with Crippen LogP contribution in [0, 0.1) is 0 Å². The monoisotopic (exact) mass is 526 g/mol. The van der Waals surface area contributed by atoms with Crippen molar-refractivity contribution in [2.75, 3.05) is 9.80 Å². The Morgan fingerprint density at radius 3 is 1.38 bits per heavy atom. The highest BCUT2D eigenvalue weighted by molar-refractivity contribution is 6.42. The summed E-state index contributed by atoms with van der Waals surface area (Å²) in [6.07, 6.45) is 8.63. The number of rotatable bonds is 4. The lowest BCUT2D eigenvalue weighted by atomic mass is 9.85. The highest BCUT2D eigenvalue weighted by Crippen LogP contribution is 2.41. The van der Waals surface area contributed by atoms with Gasteiger partial charge in [0.25, 0.3) is 23.6 Å². The van der Waals surface area contributed by atoms with Gasteiger partial charge < -0.3 is 0 Å². The van der Waals surface area contributed by atoms with E-state index in [0.717, 1.165) is 23.3 Å². The van der Waals surface area contributed by atoms with E-state index in [9.17, 15) is 19.2 Å². The topological polar surface area (TPSA) is 74.8 Å². The van der Waals surface area contributed by atoms with E-state index in [0.29, 0.717) is 50.3 Å². The van der Waals surface area contributed by atoms with Crippen molar-refractivity contribution in [2.24, 2.45) is 0 Å². The van der Waals surface area contributed by atoms with Crippen LogP contribution in [0.1, 0.15) is 91.1 Å². The van der Waals surface area contributed by atoms with Gasteiger partial charge in [-0.25, -0.2) is 9.80 Å². The van der Waals surface area contributed by atoms with Crippen LogP contribution in [0.25, 0.3) is 16.8 Å². The van der Waals surface area contributed by atoms with Gasteiger partial charge in [0.15, 0.2) is 0 Å². The number of nitrogens with zero attached hydrogens (tertiary/aromatic N) is 2. The zero-order valence-electron chi connectivity index (χ0n) is 22.0. The fraction of sp³-hybridized carbons (Fsp3) is 0.176. The van der Waals surface area contributed by atoms with Crippen LogP contribution in [0.15, 0.2) is 78.9 Å². The maximum Gasteiger partial charge on any atom is 0.265 e. The van der Waals surface area contributed by atoms with Crippen LogP contribution in [-0.2, 0) is 0 Å². The number of hydrogen-bond donors (Lipinski definition) is 0. The number of allylic oxidation sites excluding steroid dienone is 1. The highest BCUT2D eigenvalue weighted by atomic mass is 16.2. The largest absolute Gasteiger partial charge is 0.268 e. The van der Waals surface area contributed by atoms with Crippen molar-refractivity contribution in [3.8, 4) is 0 Å². The molecule has 6 heteroatoms. The number of carbonyl (C=O) groups excluding carboxylic acids is 4. The van der Waals surface area contributed by atoms with E-state index in [1.807, 2.05) is 55.5 Å². The molecule has 40 heavy (non-hydrogen) atoms. The van der Waals surface area contributed by atoms with Crippen molar-refractivity contribution in [3.63, 3.8) is 0 Å². The third kappa shape index (κ3) is 3.49. The zero-order chi connectivity index (χ0) is 27.5. The summed E-state index contributed by atoms with van der Waals surface area (Å²) in [6.45, 7) is 1.92. The van der Waals surface area contributed by atoms with Gasteiger partial charge in [0.05, 0.1) is 11.4 Å². The molecule has 4 aromatic carbocycles. The first-order valence-corrected chi connectivity index (χ1v) is 13.7. The van der Waals surface area contributed by atoms with Gasteiger partial charge in [0, 0.05) is 33.0 Å². The van der Waals surface area contributed by atoms with Crippen LogP contribution in [0.2, 0.25) is 0 Å². The Morgan fingerprint density at radius 1 is 0.575 bits per heavy atom. The normalized spacial score (nSPS) is 17.1. The first kappa shape index (κ1) is 24.2. The molecular formula is C34H26N2O4. The minimum atomic E-state index is -0.482. The summed E-state index contributed by atoms with van der Waals surface area (Å²) in [4.78, 5) is 57.1. The van der Waals surface area contributed by atoms with Gasteiger partial charge in [0.2, 0.25) is 0 Å². The molecule has 0 N–H and O–H groups in total. The molecule has 0 radical (unpaired) electrons. The van der Waals surface area contributed by atoms with Crippen LogP contribution in [0.5, 0.6) is 0 Å². The maximum atomic E-state index is 13.7. The molecule has 0 unspecified atom stereocenters. The molecule has 0 saturated heterocycles. The standard InChI is InChI=1S/C34H26N2O4/c1-2-5-20-8-12-23(13-9-20)35-31(37)25-16-18-27-30-28(19-17-26(29(25)30)32(35)38)34(40)36(33(27)39)24-14-10-22(11-15-24)21-6-3-4-7-21/h2,5,8-19,21H,3-4,6-7H2,1H3. The van der Waals surface area contributed by atoms with Gasteiger partial charge in [-0.1, -0.05) is 49.3 Å². The molecule has 196 valence electrons. The first-order valence-electron chi connectivity index (χ1n) is 13.7. The average molecular weight is 527 g/mol. The minimum Gasteiger partial charge on any atom is -0.268 e. The lowest BCUT2D eigenvalue weighted by Gasteiger charge is -2.32. The zero-order valence-corrected chi connectivity index (χ0v) is 22.0. The van der Waals surface area contributed by atoms with E-state index in [4.69, 9.17) is 0 Å². The van der Waals surface area contributed by atoms with Crippen LogP contribution >= 0.6 is 0 Å². The summed E-state index contributed by atoms with van der Waals surface area (Å²) in [5.41, 5.74) is 4.36. The number of carbonyl (C=O) groups is 4.